The van der Waals surface area contributed by atoms with E-state index in [0.29, 0.717) is 11.1 Å². The van der Waals surface area contributed by atoms with E-state index < -0.39 is 18.0 Å². The Kier molecular flexibility index (Phi) is 1.96. The molecule has 4 heteroatoms. The van der Waals surface area contributed by atoms with Crippen LogP contribution in [-0.2, 0) is 14.3 Å². The molecule has 1 atom stereocenters. The molecule has 0 N–H and O–H groups in total. The predicted molar refractivity (Wildman–Crippen MR) is 46.6 cm³/mol. The highest BCUT2D eigenvalue weighted by Crippen LogP contribution is 2.30. The van der Waals surface area contributed by atoms with Crippen molar-refractivity contribution in [1.29, 1.82) is 0 Å². The number of ether oxygens (including phenoxy) is 2. The van der Waals surface area contributed by atoms with Crippen LogP contribution in [0.5, 0.6) is 0 Å². The molecule has 0 bridgehead atoms. The molecule has 1 aliphatic rings. The van der Waals surface area contributed by atoms with Gasteiger partial charge in [0.15, 0.2) is 0 Å². The zero-order valence-electron chi connectivity index (χ0n) is 7.52. The van der Waals surface area contributed by atoms with Crippen LogP contribution in [0.25, 0.3) is 0 Å². The minimum Gasteiger partial charge on any atom is -0.466 e. The van der Waals surface area contributed by atoms with Gasteiger partial charge in [-0.2, -0.15) is 0 Å². The number of methoxy groups -OCH3 is 1. The summed E-state index contributed by atoms with van der Waals surface area (Å²) < 4.78 is 9.39. The number of fused-ring (bicyclic) bond motifs is 1. The summed E-state index contributed by atoms with van der Waals surface area (Å²) in [7, 11) is 1.26. The van der Waals surface area contributed by atoms with Gasteiger partial charge in [0.2, 0.25) is 6.10 Å². The molecule has 72 valence electrons. The van der Waals surface area contributed by atoms with Crippen LogP contribution in [-0.4, -0.2) is 19.0 Å². The van der Waals surface area contributed by atoms with Crippen molar-refractivity contribution in [2.75, 3.05) is 7.11 Å². The summed E-state index contributed by atoms with van der Waals surface area (Å²) in [6.45, 7) is 0. The van der Waals surface area contributed by atoms with Crippen molar-refractivity contribution in [2.24, 2.45) is 0 Å². The molecule has 1 heterocycles. The van der Waals surface area contributed by atoms with Crippen molar-refractivity contribution in [2.45, 2.75) is 6.10 Å². The third-order valence-electron chi connectivity index (χ3n) is 2.10. The minimum absolute atomic E-state index is 0.433. The van der Waals surface area contributed by atoms with Gasteiger partial charge in [0, 0.05) is 5.56 Å². The number of rotatable bonds is 1. The first-order valence-corrected chi connectivity index (χ1v) is 4.12. The summed E-state index contributed by atoms with van der Waals surface area (Å²) in [6, 6.07) is 6.78. The Morgan fingerprint density at radius 3 is 2.86 bits per heavy atom. The van der Waals surface area contributed by atoms with Crippen molar-refractivity contribution in [1.82, 2.24) is 0 Å². The number of hydrogen-bond donors (Lipinski definition) is 0. The van der Waals surface area contributed by atoms with E-state index in [4.69, 9.17) is 4.74 Å². The molecule has 0 aliphatic carbocycles. The largest absolute Gasteiger partial charge is 0.466 e. The maximum absolute atomic E-state index is 11.3. The fourth-order valence-electron chi connectivity index (χ4n) is 1.43. The number of esters is 2. The van der Waals surface area contributed by atoms with E-state index in [1.807, 2.05) is 0 Å². The zero-order chi connectivity index (χ0) is 10.1. The first-order valence-electron chi connectivity index (χ1n) is 4.12. The van der Waals surface area contributed by atoms with Gasteiger partial charge in [-0.05, 0) is 6.07 Å². The van der Waals surface area contributed by atoms with Gasteiger partial charge in [-0.15, -0.1) is 0 Å². The Morgan fingerprint density at radius 1 is 1.43 bits per heavy atom. The smallest absolute Gasteiger partial charge is 0.352 e. The summed E-state index contributed by atoms with van der Waals surface area (Å²) >= 11 is 0. The molecule has 0 amide bonds. The lowest BCUT2D eigenvalue weighted by atomic mass is 10.1. The van der Waals surface area contributed by atoms with Crippen LogP contribution in [0.15, 0.2) is 24.3 Å². The highest BCUT2D eigenvalue weighted by molar-refractivity contribution is 5.98. The van der Waals surface area contributed by atoms with E-state index in [1.54, 1.807) is 24.3 Å². The highest BCUT2D eigenvalue weighted by Gasteiger charge is 2.36. The van der Waals surface area contributed by atoms with Crippen LogP contribution in [0.1, 0.15) is 22.0 Å². The number of hydrogen-bond acceptors (Lipinski definition) is 4. The Labute approximate surface area is 80.4 Å². The number of benzene rings is 1. The van der Waals surface area contributed by atoms with Crippen LogP contribution in [0, 0.1) is 0 Å². The molecule has 0 saturated heterocycles. The van der Waals surface area contributed by atoms with Crippen molar-refractivity contribution in [3.63, 3.8) is 0 Å². The Balaban J connectivity index is 2.44. The lowest BCUT2D eigenvalue weighted by molar-refractivity contribution is -0.150. The first kappa shape index (κ1) is 8.74. The van der Waals surface area contributed by atoms with E-state index in [-0.39, 0.29) is 0 Å². The molecule has 1 aliphatic heterocycles. The van der Waals surface area contributed by atoms with Crippen LogP contribution in [0.3, 0.4) is 0 Å². The zero-order valence-corrected chi connectivity index (χ0v) is 7.52. The monoisotopic (exact) mass is 192 g/mol. The van der Waals surface area contributed by atoms with Crippen LogP contribution < -0.4 is 0 Å². The number of carbonyl (C=O) groups is 2. The van der Waals surface area contributed by atoms with E-state index in [0.717, 1.165) is 0 Å². The fourth-order valence-corrected chi connectivity index (χ4v) is 1.43. The summed E-state index contributed by atoms with van der Waals surface area (Å²) in [5.74, 6) is -1.03. The van der Waals surface area contributed by atoms with E-state index >= 15 is 0 Å². The van der Waals surface area contributed by atoms with Gasteiger partial charge in [-0.3, -0.25) is 0 Å². The molecule has 4 nitrogen and oxygen atoms in total. The van der Waals surface area contributed by atoms with Crippen LogP contribution in [0.2, 0.25) is 0 Å². The number of cyclic esters (lactones) is 1. The normalized spacial score (nSPS) is 18.6. The average Bonchev–Trinajstić information content (AvgIpc) is 2.56. The average molecular weight is 192 g/mol. The maximum atomic E-state index is 11.3. The van der Waals surface area contributed by atoms with Crippen LogP contribution >= 0.6 is 0 Å². The van der Waals surface area contributed by atoms with E-state index in [2.05, 4.69) is 4.74 Å². The third kappa shape index (κ3) is 1.16. The molecule has 0 spiro atoms. The molecular weight excluding hydrogens is 184 g/mol. The van der Waals surface area contributed by atoms with Gasteiger partial charge in [0.1, 0.15) is 0 Å². The highest BCUT2D eigenvalue weighted by atomic mass is 16.6. The standard InChI is InChI=1S/C10H8O4/c1-13-10(12)8-6-4-2-3-5-7(6)9(11)14-8/h2-5,8H,1H3. The quantitative estimate of drug-likeness (QED) is 0.624. The molecular formula is C10H8O4. The van der Waals surface area contributed by atoms with Crippen LogP contribution in [0.4, 0.5) is 0 Å². The lowest BCUT2D eigenvalue weighted by Crippen LogP contribution is -2.13. The van der Waals surface area contributed by atoms with Gasteiger partial charge in [0.05, 0.1) is 12.7 Å². The SMILES string of the molecule is COC(=O)C1OC(=O)c2ccccc21. The molecule has 1 aromatic carbocycles. The first-order chi connectivity index (χ1) is 6.74. The van der Waals surface area contributed by atoms with Gasteiger partial charge in [-0.1, -0.05) is 18.2 Å². The van der Waals surface area contributed by atoms with Crippen molar-refractivity contribution in [3.8, 4) is 0 Å². The summed E-state index contributed by atoms with van der Waals surface area (Å²) in [6.07, 6.45) is -0.899. The molecule has 14 heavy (non-hydrogen) atoms. The van der Waals surface area contributed by atoms with Gasteiger partial charge < -0.3 is 9.47 Å². The van der Waals surface area contributed by atoms with Crippen molar-refractivity contribution in [3.05, 3.63) is 35.4 Å². The Bertz CT molecular complexity index is 397. The van der Waals surface area contributed by atoms with Gasteiger partial charge in [0.25, 0.3) is 0 Å². The molecule has 0 saturated carbocycles. The molecule has 0 aromatic heterocycles. The maximum Gasteiger partial charge on any atom is 0.352 e. The molecule has 2 rings (SSSR count). The Hall–Kier alpha value is -1.84. The van der Waals surface area contributed by atoms with Crippen molar-refractivity contribution < 1.29 is 19.1 Å². The molecule has 0 fully saturated rings. The minimum atomic E-state index is -0.899. The van der Waals surface area contributed by atoms with Gasteiger partial charge >= 0.3 is 11.9 Å². The second-order valence-electron chi connectivity index (χ2n) is 2.90. The summed E-state index contributed by atoms with van der Waals surface area (Å²) in [5.41, 5.74) is 1.01. The Morgan fingerprint density at radius 2 is 2.14 bits per heavy atom. The molecule has 1 unspecified atom stereocenters. The topological polar surface area (TPSA) is 52.6 Å². The summed E-state index contributed by atoms with van der Waals surface area (Å²) in [4.78, 5) is 22.5. The second kappa shape index (κ2) is 3.14. The summed E-state index contributed by atoms with van der Waals surface area (Å²) in [5, 5.41) is 0. The van der Waals surface area contributed by atoms with Gasteiger partial charge in [-0.25, -0.2) is 9.59 Å². The van der Waals surface area contributed by atoms with E-state index in [9.17, 15) is 9.59 Å². The fraction of sp³-hybridized carbons (Fsp3) is 0.200. The van der Waals surface area contributed by atoms with E-state index in [1.165, 1.54) is 7.11 Å². The lowest BCUT2D eigenvalue weighted by Gasteiger charge is -2.06. The predicted octanol–water partition coefficient (Wildman–Crippen LogP) is 1.07. The molecule has 1 aromatic rings. The molecule has 0 radical (unpaired) electrons. The van der Waals surface area contributed by atoms with Crippen molar-refractivity contribution >= 4 is 11.9 Å². The second-order valence-corrected chi connectivity index (χ2v) is 2.90. The third-order valence-corrected chi connectivity index (χ3v) is 2.10. The number of carbonyl (C=O) groups excluding carboxylic acids is 2.